The molecule has 2 fully saturated rings. The predicted molar refractivity (Wildman–Crippen MR) is 83.1 cm³/mol. The summed E-state index contributed by atoms with van der Waals surface area (Å²) >= 11 is 0. The first-order valence-corrected chi connectivity index (χ1v) is 7.63. The lowest BCUT2D eigenvalue weighted by Gasteiger charge is -2.22. The smallest absolute Gasteiger partial charge is 0.475 e. The number of urea groups is 1. The Morgan fingerprint density at radius 2 is 1.88 bits per heavy atom. The largest absolute Gasteiger partial charge is 0.490 e. The summed E-state index contributed by atoms with van der Waals surface area (Å²) in [5.74, 6) is -2.67. The molecule has 2 aliphatic rings. The van der Waals surface area contributed by atoms with E-state index in [1.54, 1.807) is 22.2 Å². The highest BCUT2D eigenvalue weighted by molar-refractivity contribution is 6.00. The third-order valence-corrected chi connectivity index (χ3v) is 4.38. The number of carbonyl (C=O) groups is 3. The van der Waals surface area contributed by atoms with Crippen molar-refractivity contribution in [3.8, 4) is 0 Å². The number of likely N-dealkylation sites (tertiary alicyclic amines) is 1. The monoisotopic (exact) mass is 374 g/mol. The molecule has 8 nitrogen and oxygen atoms in total. The van der Waals surface area contributed by atoms with Gasteiger partial charge in [-0.25, -0.2) is 9.59 Å². The van der Waals surface area contributed by atoms with Crippen molar-refractivity contribution in [3.05, 3.63) is 24.5 Å². The maximum Gasteiger partial charge on any atom is 0.490 e. The van der Waals surface area contributed by atoms with Crippen LogP contribution in [0.1, 0.15) is 12.8 Å². The fourth-order valence-electron chi connectivity index (χ4n) is 3.02. The van der Waals surface area contributed by atoms with Gasteiger partial charge in [0.25, 0.3) is 0 Å². The number of hydrogen-bond donors (Lipinski definition) is 2. The highest BCUT2D eigenvalue weighted by Crippen LogP contribution is 2.41. The number of aliphatic carboxylic acids is 1. The molecule has 3 N–H and O–H groups in total. The number of alkyl halides is 3. The van der Waals surface area contributed by atoms with Crippen LogP contribution in [0.3, 0.4) is 0 Å². The first-order chi connectivity index (χ1) is 12.1. The molecule has 2 saturated heterocycles. The molecular weight excluding hydrogens is 357 g/mol. The summed E-state index contributed by atoms with van der Waals surface area (Å²) in [5, 5.41) is 7.12. The molecule has 0 aromatic carbocycles. The molecule has 2 aliphatic heterocycles. The van der Waals surface area contributed by atoms with Crippen LogP contribution in [0.5, 0.6) is 0 Å². The summed E-state index contributed by atoms with van der Waals surface area (Å²) in [7, 11) is 0. The maximum atomic E-state index is 12.6. The SMILES string of the molecule is NC(=O)N1CCC2(CCN(c3cccnc3)C2=O)C1.O=C(O)C(F)(F)F. The molecule has 1 spiro atoms. The first-order valence-electron chi connectivity index (χ1n) is 7.63. The second-order valence-electron chi connectivity index (χ2n) is 6.01. The second-order valence-corrected chi connectivity index (χ2v) is 6.01. The molecule has 3 amide bonds. The zero-order valence-electron chi connectivity index (χ0n) is 13.6. The van der Waals surface area contributed by atoms with Gasteiger partial charge < -0.3 is 20.6 Å². The van der Waals surface area contributed by atoms with Gasteiger partial charge in [-0.2, -0.15) is 13.2 Å². The van der Waals surface area contributed by atoms with Gasteiger partial charge in [0.15, 0.2) is 0 Å². The molecule has 26 heavy (non-hydrogen) atoms. The molecule has 0 bridgehead atoms. The van der Waals surface area contributed by atoms with Gasteiger partial charge in [-0.15, -0.1) is 0 Å². The van der Waals surface area contributed by atoms with E-state index in [9.17, 15) is 22.8 Å². The number of carboxylic acid groups (broad SMARTS) is 1. The molecule has 1 atom stereocenters. The average Bonchev–Trinajstić information content (AvgIpc) is 3.14. The van der Waals surface area contributed by atoms with Gasteiger partial charge in [-0.05, 0) is 25.0 Å². The van der Waals surface area contributed by atoms with E-state index < -0.39 is 23.6 Å². The van der Waals surface area contributed by atoms with E-state index in [2.05, 4.69) is 4.98 Å². The van der Waals surface area contributed by atoms with Crippen molar-refractivity contribution in [2.75, 3.05) is 24.5 Å². The van der Waals surface area contributed by atoms with Crippen molar-refractivity contribution in [3.63, 3.8) is 0 Å². The fourth-order valence-corrected chi connectivity index (χ4v) is 3.02. The number of amides is 3. The summed E-state index contributed by atoms with van der Waals surface area (Å²) < 4.78 is 31.7. The van der Waals surface area contributed by atoms with Crippen LogP contribution in [0.4, 0.5) is 23.7 Å². The number of pyridine rings is 1. The van der Waals surface area contributed by atoms with Gasteiger partial charge in [0.2, 0.25) is 5.91 Å². The van der Waals surface area contributed by atoms with E-state index in [0.29, 0.717) is 26.1 Å². The van der Waals surface area contributed by atoms with Crippen molar-refractivity contribution < 1.29 is 32.7 Å². The number of rotatable bonds is 1. The molecule has 3 rings (SSSR count). The third kappa shape index (κ3) is 4.03. The molecule has 142 valence electrons. The van der Waals surface area contributed by atoms with Crippen molar-refractivity contribution in [2.45, 2.75) is 19.0 Å². The first kappa shape index (κ1) is 19.5. The molecule has 11 heteroatoms. The molecule has 0 saturated carbocycles. The van der Waals surface area contributed by atoms with Crippen molar-refractivity contribution in [2.24, 2.45) is 11.1 Å². The Morgan fingerprint density at radius 1 is 1.27 bits per heavy atom. The topological polar surface area (TPSA) is 117 Å². The van der Waals surface area contributed by atoms with Gasteiger partial charge in [-0.1, -0.05) is 0 Å². The number of nitrogens with two attached hydrogens (primary N) is 1. The minimum Gasteiger partial charge on any atom is -0.475 e. The number of halogens is 3. The summed E-state index contributed by atoms with van der Waals surface area (Å²) in [4.78, 5) is 40.1. The van der Waals surface area contributed by atoms with E-state index in [4.69, 9.17) is 15.6 Å². The fraction of sp³-hybridized carbons (Fsp3) is 0.467. The predicted octanol–water partition coefficient (Wildman–Crippen LogP) is 1.22. The van der Waals surface area contributed by atoms with Crippen LogP contribution in [-0.4, -0.2) is 58.7 Å². The molecule has 3 heterocycles. The van der Waals surface area contributed by atoms with E-state index >= 15 is 0 Å². The van der Waals surface area contributed by atoms with E-state index in [1.807, 2.05) is 12.1 Å². The van der Waals surface area contributed by atoms with E-state index in [1.165, 1.54) is 0 Å². The molecule has 1 aromatic rings. The van der Waals surface area contributed by atoms with Crippen molar-refractivity contribution in [1.82, 2.24) is 9.88 Å². The Kier molecular flexibility index (Phi) is 5.38. The lowest BCUT2D eigenvalue weighted by molar-refractivity contribution is -0.192. The zero-order chi connectivity index (χ0) is 19.5. The Morgan fingerprint density at radius 3 is 2.35 bits per heavy atom. The number of hydrogen-bond acceptors (Lipinski definition) is 4. The maximum absolute atomic E-state index is 12.6. The van der Waals surface area contributed by atoms with Crippen molar-refractivity contribution in [1.29, 1.82) is 0 Å². The summed E-state index contributed by atoms with van der Waals surface area (Å²) in [5.41, 5.74) is 5.67. The zero-order valence-corrected chi connectivity index (χ0v) is 13.6. The molecule has 1 unspecified atom stereocenters. The third-order valence-electron chi connectivity index (χ3n) is 4.38. The molecule has 0 radical (unpaired) electrons. The van der Waals surface area contributed by atoms with Crippen LogP contribution in [0.2, 0.25) is 0 Å². The number of nitrogens with zero attached hydrogens (tertiary/aromatic N) is 3. The minimum absolute atomic E-state index is 0.0873. The summed E-state index contributed by atoms with van der Waals surface area (Å²) in [6.45, 7) is 1.69. The quantitative estimate of drug-likeness (QED) is 0.767. The average molecular weight is 374 g/mol. The Bertz CT molecular complexity index is 698. The van der Waals surface area contributed by atoms with Crippen LogP contribution >= 0.6 is 0 Å². The van der Waals surface area contributed by atoms with Crippen LogP contribution in [-0.2, 0) is 9.59 Å². The number of carbonyl (C=O) groups excluding carboxylic acids is 2. The van der Waals surface area contributed by atoms with Crippen molar-refractivity contribution >= 4 is 23.6 Å². The van der Waals surface area contributed by atoms with E-state index in [-0.39, 0.29) is 5.91 Å². The second kappa shape index (κ2) is 7.18. The molecular formula is C15H17F3N4O4. The lowest BCUT2D eigenvalue weighted by Crippen LogP contribution is -2.40. The van der Waals surface area contributed by atoms with Gasteiger partial charge >= 0.3 is 18.2 Å². The van der Waals surface area contributed by atoms with Crippen LogP contribution < -0.4 is 10.6 Å². The van der Waals surface area contributed by atoms with Gasteiger partial charge in [0.1, 0.15) is 0 Å². The van der Waals surface area contributed by atoms with Gasteiger partial charge in [-0.3, -0.25) is 9.78 Å². The number of primary amides is 1. The highest BCUT2D eigenvalue weighted by atomic mass is 19.4. The normalized spacial score (nSPS) is 22.3. The summed E-state index contributed by atoms with van der Waals surface area (Å²) in [6.07, 6.45) is -0.238. The summed E-state index contributed by atoms with van der Waals surface area (Å²) in [6, 6.07) is 3.26. The highest BCUT2D eigenvalue weighted by Gasteiger charge is 2.51. The number of carboxylic acids is 1. The number of anilines is 1. The standard InChI is InChI=1S/C13H16N4O2.C2HF3O2/c14-12(19)16-6-3-13(9-16)4-7-17(11(13)18)10-2-1-5-15-8-10;3-2(4,5)1(6)7/h1-2,5,8H,3-4,6-7,9H2,(H2,14,19);(H,6,7). The van der Waals surface area contributed by atoms with Crippen LogP contribution in [0.15, 0.2) is 24.5 Å². The van der Waals surface area contributed by atoms with E-state index in [0.717, 1.165) is 12.1 Å². The Hall–Kier alpha value is -2.85. The minimum atomic E-state index is -5.08. The van der Waals surface area contributed by atoms with Crippen LogP contribution in [0.25, 0.3) is 0 Å². The number of aromatic nitrogens is 1. The van der Waals surface area contributed by atoms with Gasteiger partial charge in [0, 0.05) is 25.8 Å². The lowest BCUT2D eigenvalue weighted by atomic mass is 9.85. The molecule has 0 aliphatic carbocycles. The Labute approximate surface area is 146 Å². The van der Waals surface area contributed by atoms with Gasteiger partial charge in [0.05, 0.1) is 17.3 Å². The Balaban J connectivity index is 0.000000298. The molecule has 1 aromatic heterocycles. The van der Waals surface area contributed by atoms with Crippen LogP contribution in [0, 0.1) is 5.41 Å².